The maximum atomic E-state index is 13.7. The summed E-state index contributed by atoms with van der Waals surface area (Å²) in [5.41, 5.74) is 3.04. The van der Waals surface area contributed by atoms with Crippen molar-refractivity contribution in [3.63, 3.8) is 0 Å². The maximum Gasteiger partial charge on any atom is 0.278 e. The molecule has 2 N–H and O–H groups in total. The van der Waals surface area contributed by atoms with E-state index in [4.69, 9.17) is 21.1 Å². The Hall–Kier alpha value is -2.82. The lowest BCUT2D eigenvalue weighted by Gasteiger charge is -2.27. The van der Waals surface area contributed by atoms with Gasteiger partial charge < -0.3 is 19.7 Å². The zero-order valence-electron chi connectivity index (χ0n) is 22.5. The normalized spacial score (nSPS) is 18.9. The number of aromatic nitrogens is 2. The summed E-state index contributed by atoms with van der Waals surface area (Å²) < 4.78 is 11.3. The van der Waals surface area contributed by atoms with Gasteiger partial charge >= 0.3 is 0 Å². The minimum atomic E-state index is -0.432. The smallest absolute Gasteiger partial charge is 0.278 e. The number of hydrogen-bond acceptors (Lipinski definition) is 7. The number of rotatable bonds is 9. The van der Waals surface area contributed by atoms with Gasteiger partial charge in [-0.3, -0.25) is 19.6 Å². The van der Waals surface area contributed by atoms with Crippen molar-refractivity contribution < 1.29 is 14.3 Å². The standard InChI is InChI=1S/C29H36ClN5O4/c1-19(25-4-3-11-39-25)31-16-22-14-21(18-35-9-12-38-13-10-35)15-24-26(22)32-33-27(28(24)36)29(37)34(2)17-20-5-7-23(30)8-6-20/h5-8,14-15,19,25,31H,3-4,9-13,16-18H2,1-2H3,(H,32,36). The van der Waals surface area contributed by atoms with Crippen molar-refractivity contribution in [2.75, 3.05) is 40.0 Å². The van der Waals surface area contributed by atoms with E-state index in [0.717, 1.165) is 49.2 Å². The number of nitrogens with zero attached hydrogens (tertiary/aromatic N) is 3. The second-order valence-corrected chi connectivity index (χ2v) is 10.9. The molecule has 3 heterocycles. The molecule has 0 bridgehead atoms. The first-order valence-electron chi connectivity index (χ1n) is 13.6. The molecule has 2 fully saturated rings. The molecule has 1 aromatic heterocycles. The molecule has 39 heavy (non-hydrogen) atoms. The van der Waals surface area contributed by atoms with E-state index >= 15 is 0 Å². The zero-order valence-corrected chi connectivity index (χ0v) is 23.3. The van der Waals surface area contributed by atoms with Gasteiger partial charge in [0.15, 0.2) is 5.69 Å². The Bertz CT molecular complexity index is 1350. The summed E-state index contributed by atoms with van der Waals surface area (Å²) in [5, 5.41) is 12.0. The Kier molecular flexibility index (Phi) is 8.94. The first-order chi connectivity index (χ1) is 18.9. The Morgan fingerprint density at radius 1 is 1.21 bits per heavy atom. The number of ether oxygens (including phenoxy) is 2. The Morgan fingerprint density at radius 3 is 2.69 bits per heavy atom. The quantitative estimate of drug-likeness (QED) is 0.419. The van der Waals surface area contributed by atoms with Crippen molar-refractivity contribution in [2.24, 2.45) is 0 Å². The highest BCUT2D eigenvalue weighted by Crippen LogP contribution is 2.21. The number of H-pyrrole nitrogens is 1. The number of carbonyl (C=O) groups excluding carboxylic acids is 1. The fourth-order valence-electron chi connectivity index (χ4n) is 5.28. The third kappa shape index (κ3) is 6.67. The topological polar surface area (TPSA) is 99.8 Å². The molecule has 208 valence electrons. The van der Waals surface area contributed by atoms with Crippen molar-refractivity contribution in [1.82, 2.24) is 25.3 Å². The molecule has 2 aliphatic rings. The third-order valence-electron chi connectivity index (χ3n) is 7.55. The Balaban J connectivity index is 1.43. The largest absolute Gasteiger partial charge is 0.379 e. The summed E-state index contributed by atoms with van der Waals surface area (Å²) >= 11 is 5.99. The van der Waals surface area contributed by atoms with Crippen LogP contribution in [-0.2, 0) is 29.1 Å². The van der Waals surface area contributed by atoms with E-state index in [-0.39, 0.29) is 23.3 Å². The molecule has 0 spiro atoms. The average Bonchev–Trinajstić information content (AvgIpc) is 3.49. The highest BCUT2D eigenvalue weighted by molar-refractivity contribution is 6.30. The van der Waals surface area contributed by atoms with Crippen LogP contribution in [0.5, 0.6) is 0 Å². The van der Waals surface area contributed by atoms with Crippen LogP contribution in [0.1, 0.15) is 46.9 Å². The number of amides is 1. The molecule has 2 saturated heterocycles. The van der Waals surface area contributed by atoms with E-state index in [0.29, 0.717) is 48.8 Å². The molecular weight excluding hydrogens is 518 g/mol. The molecule has 5 rings (SSSR count). The second-order valence-electron chi connectivity index (χ2n) is 10.5. The van der Waals surface area contributed by atoms with E-state index in [9.17, 15) is 9.59 Å². The molecule has 1 amide bonds. The Labute approximate surface area is 233 Å². The molecule has 2 aromatic carbocycles. The van der Waals surface area contributed by atoms with E-state index in [1.165, 1.54) is 4.90 Å². The van der Waals surface area contributed by atoms with Gasteiger partial charge in [-0.15, -0.1) is 0 Å². The predicted octanol–water partition coefficient (Wildman–Crippen LogP) is 3.34. The van der Waals surface area contributed by atoms with Crippen molar-refractivity contribution in [1.29, 1.82) is 0 Å². The summed E-state index contributed by atoms with van der Waals surface area (Å²) in [7, 11) is 1.67. The summed E-state index contributed by atoms with van der Waals surface area (Å²) in [5.74, 6) is -0.432. The van der Waals surface area contributed by atoms with E-state index < -0.39 is 5.91 Å². The molecule has 2 aliphatic heterocycles. The number of fused-ring (bicyclic) bond motifs is 1. The minimum Gasteiger partial charge on any atom is -0.379 e. The molecule has 0 radical (unpaired) electrons. The van der Waals surface area contributed by atoms with Gasteiger partial charge in [-0.05, 0) is 54.7 Å². The van der Waals surface area contributed by atoms with Gasteiger partial charge in [0.1, 0.15) is 0 Å². The van der Waals surface area contributed by atoms with E-state index in [1.807, 2.05) is 18.2 Å². The number of morpholine rings is 1. The van der Waals surface area contributed by atoms with Crippen LogP contribution in [0.15, 0.2) is 41.2 Å². The van der Waals surface area contributed by atoms with Crippen molar-refractivity contribution in [2.45, 2.75) is 51.5 Å². The predicted molar refractivity (Wildman–Crippen MR) is 151 cm³/mol. The lowest BCUT2D eigenvalue weighted by atomic mass is 10.0. The lowest BCUT2D eigenvalue weighted by Crippen LogP contribution is -2.37. The van der Waals surface area contributed by atoms with Gasteiger partial charge in [0.25, 0.3) is 5.91 Å². The van der Waals surface area contributed by atoms with Crippen LogP contribution in [0.2, 0.25) is 5.02 Å². The first-order valence-corrected chi connectivity index (χ1v) is 14.0. The number of benzene rings is 2. The minimum absolute atomic E-state index is 0.117. The maximum absolute atomic E-state index is 13.7. The van der Waals surface area contributed by atoms with Crippen LogP contribution in [-0.4, -0.2) is 78.0 Å². The number of aromatic amines is 1. The van der Waals surface area contributed by atoms with E-state index in [1.54, 1.807) is 19.2 Å². The fraction of sp³-hybridized carbons (Fsp3) is 0.483. The summed E-state index contributed by atoms with van der Waals surface area (Å²) in [6.07, 6.45) is 2.31. The third-order valence-corrected chi connectivity index (χ3v) is 7.80. The average molecular weight is 554 g/mol. The second kappa shape index (κ2) is 12.6. The lowest BCUT2D eigenvalue weighted by molar-refractivity contribution is 0.0342. The number of nitrogens with one attached hydrogen (secondary N) is 2. The fourth-order valence-corrected chi connectivity index (χ4v) is 5.40. The number of carbonyl (C=O) groups is 1. The van der Waals surface area contributed by atoms with Gasteiger partial charge in [-0.25, -0.2) is 0 Å². The van der Waals surface area contributed by atoms with Crippen LogP contribution in [0.4, 0.5) is 0 Å². The van der Waals surface area contributed by atoms with Crippen molar-refractivity contribution in [3.05, 3.63) is 74.0 Å². The van der Waals surface area contributed by atoms with Crippen molar-refractivity contribution >= 4 is 28.4 Å². The summed E-state index contributed by atoms with van der Waals surface area (Å²) in [4.78, 5) is 30.8. The first kappa shape index (κ1) is 27.7. The van der Waals surface area contributed by atoms with Crippen molar-refractivity contribution in [3.8, 4) is 0 Å². The molecule has 0 saturated carbocycles. The van der Waals surface area contributed by atoms with E-state index in [2.05, 4.69) is 33.4 Å². The zero-order chi connectivity index (χ0) is 27.4. The molecule has 10 heteroatoms. The summed E-state index contributed by atoms with van der Waals surface area (Å²) in [6.45, 7) is 7.60. The number of halogens is 1. The van der Waals surface area contributed by atoms with Gasteiger partial charge in [-0.2, -0.15) is 5.10 Å². The van der Waals surface area contributed by atoms with Crippen LogP contribution in [0, 0.1) is 0 Å². The van der Waals surface area contributed by atoms with Gasteiger partial charge in [0.2, 0.25) is 5.43 Å². The highest BCUT2D eigenvalue weighted by Gasteiger charge is 2.24. The summed E-state index contributed by atoms with van der Waals surface area (Å²) in [6, 6.07) is 11.5. The van der Waals surface area contributed by atoms with Crippen LogP contribution < -0.4 is 10.7 Å². The van der Waals surface area contributed by atoms with Crippen LogP contribution in [0.25, 0.3) is 10.9 Å². The van der Waals surface area contributed by atoms with Crippen LogP contribution >= 0.6 is 11.6 Å². The molecule has 3 aromatic rings. The molecule has 2 unspecified atom stereocenters. The number of hydrogen-bond donors (Lipinski definition) is 2. The highest BCUT2D eigenvalue weighted by atomic mass is 35.5. The van der Waals surface area contributed by atoms with Gasteiger partial charge in [-0.1, -0.05) is 29.8 Å². The molecule has 0 aliphatic carbocycles. The molecule has 9 nitrogen and oxygen atoms in total. The molecular formula is C29H36ClN5O4. The Morgan fingerprint density at radius 2 is 1.97 bits per heavy atom. The monoisotopic (exact) mass is 553 g/mol. The van der Waals surface area contributed by atoms with Gasteiger partial charge in [0, 0.05) is 57.4 Å². The molecule has 2 atom stereocenters. The van der Waals surface area contributed by atoms with Crippen LogP contribution in [0.3, 0.4) is 0 Å². The van der Waals surface area contributed by atoms with Gasteiger partial charge in [0.05, 0.1) is 30.2 Å². The SMILES string of the molecule is CC(NCc1cc(CN2CCOCC2)cc2c(=O)c(C(=O)N(C)Cc3ccc(Cl)cc3)n[nH]c12)C1CCCO1.